The molecule has 3 rings (SSSR count). The van der Waals surface area contributed by atoms with Gasteiger partial charge in [-0.2, -0.15) is 0 Å². The molecule has 0 atom stereocenters. The smallest absolute Gasteiger partial charge is 0.341 e. The molecule has 0 radical (unpaired) electrons. The standard InChI is InChI=1S/C23H28N2O4S/c1-3-29-23(28)21-17-12-7-8-13-18(17)30-22(21)24-19(26)14-9-15-20(27)25(2)16-10-5-4-6-11-16/h4-6,10-11H,3,7-9,12-15H2,1-2H3,(H,24,26). The molecule has 160 valence electrons. The maximum absolute atomic E-state index is 12.5. The van der Waals surface area contributed by atoms with Crippen LogP contribution in [0.1, 0.15) is 59.8 Å². The largest absolute Gasteiger partial charge is 0.462 e. The van der Waals surface area contributed by atoms with Gasteiger partial charge in [0.2, 0.25) is 11.8 Å². The second-order valence-electron chi connectivity index (χ2n) is 7.33. The van der Waals surface area contributed by atoms with E-state index in [1.165, 1.54) is 16.2 Å². The van der Waals surface area contributed by atoms with Crippen LogP contribution in [0.3, 0.4) is 0 Å². The molecule has 0 fully saturated rings. The van der Waals surface area contributed by atoms with Gasteiger partial charge in [0, 0.05) is 30.5 Å². The SMILES string of the molecule is CCOC(=O)c1c(NC(=O)CCCC(=O)N(C)c2ccccc2)sc2c1CCCC2. The summed E-state index contributed by atoms with van der Waals surface area (Å²) in [4.78, 5) is 40.1. The number of esters is 1. The summed E-state index contributed by atoms with van der Waals surface area (Å²) < 4.78 is 5.22. The van der Waals surface area contributed by atoms with Crippen LogP contribution in [0.15, 0.2) is 30.3 Å². The molecular weight excluding hydrogens is 400 g/mol. The third kappa shape index (κ3) is 5.27. The van der Waals surface area contributed by atoms with Crippen molar-refractivity contribution in [3.05, 3.63) is 46.3 Å². The number of carbonyl (C=O) groups is 3. The van der Waals surface area contributed by atoms with E-state index in [4.69, 9.17) is 4.74 Å². The number of fused-ring (bicyclic) bond motifs is 1. The van der Waals surface area contributed by atoms with Crippen LogP contribution in [-0.4, -0.2) is 31.4 Å². The molecule has 2 aromatic rings. The third-order valence-electron chi connectivity index (χ3n) is 5.22. The predicted octanol–water partition coefficient (Wildman–Crippen LogP) is 4.58. The van der Waals surface area contributed by atoms with Crippen molar-refractivity contribution in [1.82, 2.24) is 0 Å². The van der Waals surface area contributed by atoms with E-state index in [-0.39, 0.29) is 30.6 Å². The van der Waals surface area contributed by atoms with E-state index in [9.17, 15) is 14.4 Å². The summed E-state index contributed by atoms with van der Waals surface area (Å²) in [5, 5.41) is 3.48. The number of hydrogen-bond acceptors (Lipinski definition) is 5. The Balaban J connectivity index is 1.58. The van der Waals surface area contributed by atoms with Crippen molar-refractivity contribution >= 4 is 39.8 Å². The number of rotatable bonds is 8. The van der Waals surface area contributed by atoms with Gasteiger partial charge < -0.3 is 15.0 Å². The van der Waals surface area contributed by atoms with Crippen molar-refractivity contribution in [3.63, 3.8) is 0 Å². The first kappa shape index (κ1) is 22.0. The van der Waals surface area contributed by atoms with Crippen molar-refractivity contribution < 1.29 is 19.1 Å². The first-order chi connectivity index (χ1) is 14.5. The van der Waals surface area contributed by atoms with Gasteiger partial charge in [0.1, 0.15) is 5.00 Å². The molecule has 0 aliphatic heterocycles. The number of nitrogens with zero attached hydrogens (tertiary/aromatic N) is 1. The molecule has 2 amide bonds. The molecule has 30 heavy (non-hydrogen) atoms. The summed E-state index contributed by atoms with van der Waals surface area (Å²) in [6.07, 6.45) is 4.87. The van der Waals surface area contributed by atoms with Gasteiger partial charge in [0.25, 0.3) is 0 Å². The lowest BCUT2D eigenvalue weighted by molar-refractivity contribution is -0.118. The molecular formula is C23H28N2O4S. The quantitative estimate of drug-likeness (QED) is 0.625. The Hall–Kier alpha value is -2.67. The average Bonchev–Trinajstić information content (AvgIpc) is 3.11. The number of thiophene rings is 1. The fourth-order valence-electron chi connectivity index (χ4n) is 3.63. The molecule has 6 nitrogen and oxygen atoms in total. The highest BCUT2D eigenvalue weighted by molar-refractivity contribution is 7.17. The Morgan fingerprint density at radius 2 is 1.83 bits per heavy atom. The van der Waals surface area contributed by atoms with Gasteiger partial charge in [-0.25, -0.2) is 4.79 Å². The summed E-state index contributed by atoms with van der Waals surface area (Å²) in [7, 11) is 1.74. The normalized spacial score (nSPS) is 12.7. The highest BCUT2D eigenvalue weighted by Crippen LogP contribution is 2.38. The molecule has 0 saturated carbocycles. The summed E-state index contributed by atoms with van der Waals surface area (Å²) in [6, 6.07) is 9.42. The molecule has 7 heteroatoms. The average molecular weight is 429 g/mol. The summed E-state index contributed by atoms with van der Waals surface area (Å²) in [5.41, 5.74) is 2.37. The first-order valence-corrected chi connectivity index (χ1v) is 11.3. The van der Waals surface area contributed by atoms with Gasteiger partial charge in [0.15, 0.2) is 0 Å². The Bertz CT molecular complexity index is 907. The summed E-state index contributed by atoms with van der Waals surface area (Å²) in [5.74, 6) is -0.589. The Labute approximate surface area is 181 Å². The van der Waals surface area contributed by atoms with Gasteiger partial charge >= 0.3 is 5.97 Å². The molecule has 0 unspecified atom stereocenters. The number of benzene rings is 1. The first-order valence-electron chi connectivity index (χ1n) is 10.4. The van der Waals surface area contributed by atoms with Crippen LogP contribution in [0.25, 0.3) is 0 Å². The second-order valence-corrected chi connectivity index (χ2v) is 8.43. The van der Waals surface area contributed by atoms with Gasteiger partial charge in [-0.3, -0.25) is 9.59 Å². The van der Waals surface area contributed by atoms with E-state index in [0.717, 1.165) is 36.9 Å². The molecule has 1 aliphatic carbocycles. The van der Waals surface area contributed by atoms with Crippen LogP contribution >= 0.6 is 11.3 Å². The van der Waals surface area contributed by atoms with Crippen molar-refractivity contribution in [2.45, 2.75) is 51.9 Å². The van der Waals surface area contributed by atoms with E-state index in [2.05, 4.69) is 5.32 Å². The van der Waals surface area contributed by atoms with Crippen molar-refractivity contribution in [1.29, 1.82) is 0 Å². The van der Waals surface area contributed by atoms with Crippen LogP contribution in [0.5, 0.6) is 0 Å². The highest BCUT2D eigenvalue weighted by Gasteiger charge is 2.27. The van der Waals surface area contributed by atoms with Crippen LogP contribution in [0, 0.1) is 0 Å². The highest BCUT2D eigenvalue weighted by atomic mass is 32.1. The van der Waals surface area contributed by atoms with Gasteiger partial charge in [-0.1, -0.05) is 18.2 Å². The predicted molar refractivity (Wildman–Crippen MR) is 119 cm³/mol. The Morgan fingerprint density at radius 3 is 2.57 bits per heavy atom. The Morgan fingerprint density at radius 1 is 1.10 bits per heavy atom. The molecule has 1 aromatic carbocycles. The lowest BCUT2D eigenvalue weighted by Crippen LogP contribution is -2.26. The fraction of sp³-hybridized carbons (Fsp3) is 0.435. The zero-order chi connectivity index (χ0) is 21.5. The number of carbonyl (C=O) groups excluding carboxylic acids is 3. The number of hydrogen-bond donors (Lipinski definition) is 1. The maximum Gasteiger partial charge on any atom is 0.341 e. The van der Waals surface area contributed by atoms with Crippen LogP contribution in [0.2, 0.25) is 0 Å². The molecule has 1 aliphatic rings. The zero-order valence-electron chi connectivity index (χ0n) is 17.5. The van der Waals surface area contributed by atoms with Crippen molar-refractivity contribution in [2.75, 3.05) is 23.9 Å². The topological polar surface area (TPSA) is 75.7 Å². The number of aryl methyl sites for hydroxylation is 1. The minimum atomic E-state index is -0.369. The van der Waals surface area contributed by atoms with E-state index in [1.54, 1.807) is 18.9 Å². The minimum Gasteiger partial charge on any atom is -0.462 e. The maximum atomic E-state index is 12.5. The van der Waals surface area contributed by atoms with Crippen LogP contribution < -0.4 is 10.2 Å². The van der Waals surface area contributed by atoms with Crippen LogP contribution in [0.4, 0.5) is 10.7 Å². The molecule has 1 heterocycles. The molecule has 0 bridgehead atoms. The lowest BCUT2D eigenvalue weighted by Gasteiger charge is -2.17. The second kappa shape index (κ2) is 10.4. The summed E-state index contributed by atoms with van der Waals surface area (Å²) in [6.45, 7) is 2.08. The van der Waals surface area contributed by atoms with E-state index in [1.807, 2.05) is 30.3 Å². The molecule has 0 saturated heterocycles. The monoisotopic (exact) mass is 428 g/mol. The van der Waals surface area contributed by atoms with E-state index >= 15 is 0 Å². The minimum absolute atomic E-state index is 0.0344. The third-order valence-corrected chi connectivity index (χ3v) is 6.42. The molecule has 1 aromatic heterocycles. The number of ether oxygens (including phenoxy) is 1. The van der Waals surface area contributed by atoms with Gasteiger partial charge in [-0.05, 0) is 56.7 Å². The number of para-hydroxylation sites is 1. The van der Waals surface area contributed by atoms with Crippen molar-refractivity contribution in [2.24, 2.45) is 0 Å². The van der Waals surface area contributed by atoms with E-state index < -0.39 is 0 Å². The fourth-order valence-corrected chi connectivity index (χ4v) is 4.92. The number of nitrogens with one attached hydrogen (secondary N) is 1. The van der Waals surface area contributed by atoms with Crippen LogP contribution in [-0.2, 0) is 27.2 Å². The zero-order valence-corrected chi connectivity index (χ0v) is 18.3. The van der Waals surface area contributed by atoms with Gasteiger partial charge in [-0.15, -0.1) is 11.3 Å². The summed E-state index contributed by atoms with van der Waals surface area (Å²) >= 11 is 1.48. The number of anilines is 2. The van der Waals surface area contributed by atoms with Crippen molar-refractivity contribution in [3.8, 4) is 0 Å². The lowest BCUT2D eigenvalue weighted by atomic mass is 9.95. The van der Waals surface area contributed by atoms with E-state index in [0.29, 0.717) is 23.6 Å². The molecule has 1 N–H and O–H groups in total. The van der Waals surface area contributed by atoms with Gasteiger partial charge in [0.05, 0.1) is 12.2 Å². The molecule has 0 spiro atoms. The number of amides is 2. The Kier molecular flexibility index (Phi) is 7.63.